The smallest absolute Gasteiger partial charge is 0.344 e. The second kappa shape index (κ2) is 3620. The van der Waals surface area contributed by atoms with Gasteiger partial charge in [-0.1, -0.05) is 0 Å². The van der Waals surface area contributed by atoms with Crippen molar-refractivity contribution in [2.75, 3.05) is 0 Å². The fourth-order valence-corrected chi connectivity index (χ4v) is 0. The molecule has 0 aromatic carbocycles. The lowest BCUT2D eigenvalue weighted by atomic mass is 14.0. The average Bonchev–Trinajstić information content (AvgIpc) is 0. The molecule has 0 saturated carbocycles. The Balaban J connectivity index is 0. The summed E-state index contributed by atoms with van der Waals surface area (Å²) in [6.07, 6.45) is 0. The van der Waals surface area contributed by atoms with Gasteiger partial charge < -0.3 is 65.0 Å². The van der Waals surface area contributed by atoms with Crippen LogP contribution in [0.1, 0.15) is 0 Å². The summed E-state index contributed by atoms with van der Waals surface area (Å²) < 4.78 is 0. The van der Waals surface area contributed by atoms with Crippen molar-refractivity contribution in [1.82, 2.24) is 43.1 Å². The Labute approximate surface area is 66.2 Å². The SMILES string of the molecule is N.N.N.N.N.N.N.O.O.O.O. The highest BCUT2D eigenvalue weighted by Gasteiger charge is -0.338. The first kappa shape index (κ1) is 4990. The molecule has 0 aliphatic heterocycles. The maximum Gasteiger partial charge on any atom is -0.344 e. The first-order valence-corrected chi connectivity index (χ1v) is 0. The maximum atomic E-state index is 0. The first-order chi connectivity index (χ1) is 0. The molecule has 0 aromatic rings. The quantitative estimate of drug-likeness (QED) is 0.221. The van der Waals surface area contributed by atoms with Gasteiger partial charge in [0.2, 0.25) is 0 Å². The third-order valence-electron chi connectivity index (χ3n) is 0. The highest BCUT2D eigenvalue weighted by Crippen LogP contribution is -0.286. The second-order valence-corrected chi connectivity index (χ2v) is 0. The van der Waals surface area contributed by atoms with E-state index in [1.807, 2.05) is 0 Å². The van der Waals surface area contributed by atoms with Gasteiger partial charge in [0.05, 0.1) is 0 Å². The van der Waals surface area contributed by atoms with E-state index in [9.17, 15) is 0 Å². The fraction of sp³-hybridized carbons (Fsp3) is 0. The molecule has 0 bridgehead atoms. The third kappa shape index (κ3) is 2820. The molecule has 11 heavy (non-hydrogen) atoms. The number of hydrogen-bond acceptors (Lipinski definition) is 7. The van der Waals surface area contributed by atoms with Crippen LogP contribution in [0, 0.1) is 0 Å². The molecule has 0 heterocycles. The van der Waals surface area contributed by atoms with E-state index in [4.69, 9.17) is 0 Å². The lowest BCUT2D eigenvalue weighted by molar-refractivity contribution is 0.823. The van der Waals surface area contributed by atoms with Gasteiger partial charge in [0.15, 0.2) is 0 Å². The van der Waals surface area contributed by atoms with Crippen molar-refractivity contribution >= 4 is 0 Å². The third-order valence-corrected chi connectivity index (χ3v) is 0. The minimum absolute atomic E-state index is 0. The van der Waals surface area contributed by atoms with Crippen LogP contribution in [0.4, 0.5) is 0 Å². The molecule has 11 heteroatoms. The largest absolute Gasteiger partial charge is 0.412 e. The van der Waals surface area contributed by atoms with Crippen molar-refractivity contribution in [2.45, 2.75) is 0 Å². The molecule has 0 saturated heterocycles. The molecular weight excluding hydrogens is 162 g/mol. The van der Waals surface area contributed by atoms with Crippen LogP contribution in [0.2, 0.25) is 0 Å². The Morgan fingerprint density at radius 2 is 0.182 bits per heavy atom. The Kier molecular flexibility index (Phi) is 1640000. The second-order valence-electron chi connectivity index (χ2n) is 0. The van der Waals surface area contributed by atoms with Crippen LogP contribution < -0.4 is 43.1 Å². The van der Waals surface area contributed by atoms with Crippen LogP contribution in [0.15, 0.2) is 0 Å². The summed E-state index contributed by atoms with van der Waals surface area (Å²) in [5.74, 6) is 0. The van der Waals surface area contributed by atoms with Crippen molar-refractivity contribution in [3.05, 3.63) is 0 Å². The van der Waals surface area contributed by atoms with E-state index < -0.39 is 0 Å². The predicted octanol–water partition coefficient (Wildman–Crippen LogP) is -2.16. The van der Waals surface area contributed by atoms with Gasteiger partial charge in [-0.15, -0.1) is 0 Å². The molecule has 0 aliphatic rings. The van der Waals surface area contributed by atoms with Crippen LogP contribution in [0.3, 0.4) is 0 Å². The Morgan fingerprint density at radius 3 is 0.182 bits per heavy atom. The van der Waals surface area contributed by atoms with Gasteiger partial charge in [-0.25, -0.2) is 0 Å². The highest BCUT2D eigenvalue weighted by molar-refractivity contribution is 2.14. The van der Waals surface area contributed by atoms with Crippen LogP contribution in [-0.4, -0.2) is 21.9 Å². The summed E-state index contributed by atoms with van der Waals surface area (Å²) in [5.41, 5.74) is 0. The molecule has 0 aromatic heterocycles. The molecule has 0 rings (SSSR count). The average molecular weight is 191 g/mol. The Hall–Kier alpha value is -0.440. The van der Waals surface area contributed by atoms with Crippen molar-refractivity contribution in [3.63, 3.8) is 0 Å². The van der Waals surface area contributed by atoms with Crippen LogP contribution in [-0.2, 0) is 0 Å². The monoisotopic (exact) mass is 191 g/mol. The van der Waals surface area contributed by atoms with Gasteiger partial charge in [-0.2, -0.15) is 0 Å². The minimum Gasteiger partial charge on any atom is -0.412 e. The summed E-state index contributed by atoms with van der Waals surface area (Å²) in [6, 6.07) is 0. The molecule has 11 nitrogen and oxygen atoms in total. The van der Waals surface area contributed by atoms with Crippen molar-refractivity contribution in [2.24, 2.45) is 0 Å². The van der Waals surface area contributed by atoms with E-state index in [-0.39, 0.29) is 65.0 Å². The molecular formula is H29N7O4. The standard InChI is InChI=1S/7H3N.4H2O/h7*1H3;4*1H2. The molecule has 0 fully saturated rings. The molecule has 0 aliphatic carbocycles. The lowest BCUT2D eigenvalue weighted by Crippen LogP contribution is -0.482. The summed E-state index contributed by atoms with van der Waals surface area (Å²) in [4.78, 5) is 0. The van der Waals surface area contributed by atoms with Crippen LogP contribution in [0.5, 0.6) is 0 Å². The summed E-state index contributed by atoms with van der Waals surface area (Å²) in [6.45, 7) is 0. The summed E-state index contributed by atoms with van der Waals surface area (Å²) >= 11 is 0. The molecule has 0 unspecified atom stereocenters. The van der Waals surface area contributed by atoms with Crippen molar-refractivity contribution in [1.29, 1.82) is 0 Å². The first-order valence-electron chi connectivity index (χ1n) is 0. The zero-order valence-electron chi connectivity index (χ0n) is 6.95. The lowest BCUT2D eigenvalue weighted by Gasteiger charge is -0.413. The molecule has 0 atom stereocenters. The summed E-state index contributed by atoms with van der Waals surface area (Å²) in [7, 11) is 0. The maximum absolute atomic E-state index is 0. The van der Waals surface area contributed by atoms with Gasteiger partial charge in [0.1, 0.15) is 0 Å². The van der Waals surface area contributed by atoms with E-state index in [0.717, 1.165) is 0 Å². The minimum atomic E-state index is 0. The van der Waals surface area contributed by atoms with Gasteiger partial charge in [0.25, 0.3) is 0 Å². The van der Waals surface area contributed by atoms with E-state index in [0.29, 0.717) is 0 Å². The molecule has 29 N–H and O–H groups in total. The molecule has 0 spiro atoms. The molecule has 0 amide bonds. The highest BCUT2D eigenvalue weighted by atomic mass is 16.0. The van der Waals surface area contributed by atoms with E-state index in [1.165, 1.54) is 0 Å². The zero-order chi connectivity index (χ0) is 0. The Bertz CT molecular complexity index is 10.4. The normalized spacial score (nSPS) is 0. The Morgan fingerprint density at radius 1 is 0.182 bits per heavy atom. The number of hydrogen-bond donors (Lipinski definition) is 7. The van der Waals surface area contributed by atoms with Gasteiger partial charge in [0, 0.05) is 0 Å². The topological polar surface area (TPSA) is 371 Å². The van der Waals surface area contributed by atoms with Crippen molar-refractivity contribution in [3.8, 4) is 0 Å². The van der Waals surface area contributed by atoms with Gasteiger partial charge >= 0.3 is 0 Å². The molecule has 88 valence electrons. The summed E-state index contributed by atoms with van der Waals surface area (Å²) in [5, 5.41) is 0. The van der Waals surface area contributed by atoms with E-state index >= 15 is 0 Å². The van der Waals surface area contributed by atoms with Crippen LogP contribution >= 0.6 is 0 Å². The number of rotatable bonds is 0. The van der Waals surface area contributed by atoms with Crippen LogP contribution in [0.25, 0.3) is 0 Å². The van der Waals surface area contributed by atoms with Gasteiger partial charge in [-0.3, -0.25) is 0 Å². The van der Waals surface area contributed by atoms with Gasteiger partial charge in [-0.05, 0) is 0 Å². The molecule has 0 radical (unpaired) electrons. The predicted molar refractivity (Wildman–Crippen MR) is 49.6 cm³/mol. The van der Waals surface area contributed by atoms with E-state index in [2.05, 4.69) is 0 Å². The van der Waals surface area contributed by atoms with E-state index in [1.54, 1.807) is 0 Å². The zero-order valence-corrected chi connectivity index (χ0v) is 6.95. The van der Waals surface area contributed by atoms with Crippen molar-refractivity contribution < 1.29 is 21.9 Å². The fourth-order valence-electron chi connectivity index (χ4n) is 0.